The molecule has 1 aliphatic heterocycles. The van der Waals surface area contributed by atoms with Gasteiger partial charge in [0.05, 0.1) is 18.2 Å². The number of ether oxygens (including phenoxy) is 2. The highest BCUT2D eigenvalue weighted by Gasteiger charge is 2.17. The fourth-order valence-corrected chi connectivity index (χ4v) is 2.63. The Labute approximate surface area is 154 Å². The van der Waals surface area contributed by atoms with E-state index in [1.165, 1.54) is 0 Å². The van der Waals surface area contributed by atoms with Crippen molar-refractivity contribution in [2.45, 2.75) is 13.0 Å². The number of nitrogens with one attached hydrogen (secondary N) is 2. The molecule has 8 heteroatoms. The maximum Gasteiger partial charge on any atom is 0.254 e. The first-order valence-electron chi connectivity index (χ1n) is 8.36. The Bertz CT molecular complexity index is 873. The van der Waals surface area contributed by atoms with E-state index in [9.17, 15) is 18.4 Å². The second kappa shape index (κ2) is 8.03. The van der Waals surface area contributed by atoms with Gasteiger partial charge in [0, 0.05) is 6.07 Å². The van der Waals surface area contributed by atoms with Gasteiger partial charge in [0.25, 0.3) is 5.91 Å². The third-order valence-corrected chi connectivity index (χ3v) is 4.03. The van der Waals surface area contributed by atoms with E-state index in [2.05, 4.69) is 10.6 Å². The second-order valence-corrected chi connectivity index (χ2v) is 6.00. The van der Waals surface area contributed by atoms with Gasteiger partial charge in [-0.15, -0.1) is 0 Å². The van der Waals surface area contributed by atoms with E-state index in [-0.39, 0.29) is 18.2 Å². The summed E-state index contributed by atoms with van der Waals surface area (Å²) in [6.07, 6.45) is 0. The van der Waals surface area contributed by atoms with Crippen molar-refractivity contribution in [2.24, 2.45) is 0 Å². The lowest BCUT2D eigenvalue weighted by Gasteiger charge is -2.21. The largest absolute Gasteiger partial charge is 0.486 e. The van der Waals surface area contributed by atoms with Crippen LogP contribution < -0.4 is 20.1 Å². The highest BCUT2D eigenvalue weighted by atomic mass is 19.1. The van der Waals surface area contributed by atoms with Crippen molar-refractivity contribution >= 4 is 11.8 Å². The first kappa shape index (κ1) is 18.6. The summed E-state index contributed by atoms with van der Waals surface area (Å²) in [5.74, 6) is -1.76. The summed E-state index contributed by atoms with van der Waals surface area (Å²) in [6.45, 7) is 2.39. The molecule has 1 heterocycles. The maximum atomic E-state index is 13.6. The topological polar surface area (TPSA) is 76.7 Å². The van der Waals surface area contributed by atoms with Gasteiger partial charge in [0.15, 0.2) is 11.5 Å². The van der Waals surface area contributed by atoms with Gasteiger partial charge in [0.1, 0.15) is 24.8 Å². The van der Waals surface area contributed by atoms with E-state index in [0.717, 1.165) is 17.7 Å². The van der Waals surface area contributed by atoms with Crippen LogP contribution in [0.1, 0.15) is 28.9 Å². The van der Waals surface area contributed by atoms with E-state index in [0.29, 0.717) is 30.8 Å². The minimum absolute atomic E-state index is 0.330. The Morgan fingerprint density at radius 3 is 2.56 bits per heavy atom. The molecule has 2 N–H and O–H groups in total. The highest BCUT2D eigenvalue weighted by molar-refractivity contribution is 5.96. The van der Waals surface area contributed by atoms with E-state index in [1.54, 1.807) is 19.1 Å². The van der Waals surface area contributed by atoms with Gasteiger partial charge in [-0.2, -0.15) is 0 Å². The Kier molecular flexibility index (Phi) is 5.54. The summed E-state index contributed by atoms with van der Waals surface area (Å²) >= 11 is 0. The summed E-state index contributed by atoms with van der Waals surface area (Å²) < 4.78 is 37.4. The Balaban J connectivity index is 1.55. The molecule has 27 heavy (non-hydrogen) atoms. The molecule has 0 aliphatic carbocycles. The molecule has 1 aliphatic rings. The van der Waals surface area contributed by atoms with E-state index >= 15 is 0 Å². The van der Waals surface area contributed by atoms with Crippen LogP contribution in [0.15, 0.2) is 36.4 Å². The SMILES string of the molecule is CC(NC(=O)CNC(=O)c1ccc(F)cc1F)c1ccc2c(c1)OCCO2. The molecule has 0 saturated carbocycles. The summed E-state index contributed by atoms with van der Waals surface area (Å²) in [5.41, 5.74) is 0.479. The molecule has 2 aromatic carbocycles. The standard InChI is InChI=1S/C19H18F2N2O4/c1-11(12-2-5-16-17(8-12)27-7-6-26-16)23-18(24)10-22-19(25)14-4-3-13(20)9-15(14)21/h2-5,8-9,11H,6-7,10H2,1H3,(H,22,25)(H,23,24). The molecule has 0 radical (unpaired) electrons. The van der Waals surface area contributed by atoms with Gasteiger partial charge in [0.2, 0.25) is 5.91 Å². The van der Waals surface area contributed by atoms with Gasteiger partial charge in [-0.1, -0.05) is 6.07 Å². The number of halogens is 2. The molecule has 0 fully saturated rings. The van der Waals surface area contributed by atoms with Crippen molar-refractivity contribution in [1.29, 1.82) is 0 Å². The van der Waals surface area contributed by atoms with Crippen molar-refractivity contribution in [1.82, 2.24) is 10.6 Å². The average molecular weight is 376 g/mol. The van der Waals surface area contributed by atoms with Gasteiger partial charge in [-0.05, 0) is 36.8 Å². The number of carbonyl (C=O) groups is 2. The molecule has 2 amide bonds. The molecule has 0 spiro atoms. The monoisotopic (exact) mass is 376 g/mol. The first-order chi connectivity index (χ1) is 12.9. The number of hydrogen-bond acceptors (Lipinski definition) is 4. The van der Waals surface area contributed by atoms with E-state index in [1.807, 2.05) is 6.07 Å². The molecular formula is C19H18F2N2O4. The smallest absolute Gasteiger partial charge is 0.254 e. The van der Waals surface area contributed by atoms with Crippen molar-refractivity contribution < 1.29 is 27.8 Å². The maximum absolute atomic E-state index is 13.6. The number of carbonyl (C=O) groups excluding carboxylic acids is 2. The molecule has 1 atom stereocenters. The van der Waals surface area contributed by atoms with Crippen molar-refractivity contribution in [2.75, 3.05) is 19.8 Å². The van der Waals surface area contributed by atoms with Gasteiger partial charge < -0.3 is 20.1 Å². The lowest BCUT2D eigenvalue weighted by molar-refractivity contribution is -0.120. The minimum atomic E-state index is -0.988. The fourth-order valence-electron chi connectivity index (χ4n) is 2.63. The zero-order chi connectivity index (χ0) is 19.4. The number of fused-ring (bicyclic) bond motifs is 1. The van der Waals surface area contributed by atoms with Crippen LogP contribution in [0.3, 0.4) is 0 Å². The third-order valence-electron chi connectivity index (χ3n) is 4.03. The van der Waals surface area contributed by atoms with Gasteiger partial charge >= 0.3 is 0 Å². The quantitative estimate of drug-likeness (QED) is 0.840. The van der Waals surface area contributed by atoms with Crippen LogP contribution in [-0.2, 0) is 4.79 Å². The van der Waals surface area contributed by atoms with Gasteiger partial charge in [-0.3, -0.25) is 9.59 Å². The molecular weight excluding hydrogens is 358 g/mol. The molecule has 0 saturated heterocycles. The molecule has 0 bridgehead atoms. The average Bonchev–Trinajstić information content (AvgIpc) is 2.65. The molecule has 3 rings (SSSR count). The highest BCUT2D eigenvalue weighted by Crippen LogP contribution is 2.32. The zero-order valence-electron chi connectivity index (χ0n) is 14.6. The van der Waals surface area contributed by atoms with Crippen LogP contribution in [0.25, 0.3) is 0 Å². The predicted octanol–water partition coefficient (Wildman–Crippen LogP) is 2.34. The predicted molar refractivity (Wildman–Crippen MR) is 92.7 cm³/mol. The molecule has 2 aromatic rings. The summed E-state index contributed by atoms with van der Waals surface area (Å²) in [7, 11) is 0. The molecule has 0 aromatic heterocycles. The summed E-state index contributed by atoms with van der Waals surface area (Å²) in [4.78, 5) is 24.0. The Hall–Kier alpha value is -3.16. The normalized spacial score (nSPS) is 13.6. The van der Waals surface area contributed by atoms with E-state index in [4.69, 9.17) is 9.47 Å². The van der Waals surface area contributed by atoms with Gasteiger partial charge in [-0.25, -0.2) is 8.78 Å². The van der Waals surface area contributed by atoms with E-state index < -0.39 is 23.4 Å². The van der Waals surface area contributed by atoms with Crippen molar-refractivity contribution in [3.8, 4) is 11.5 Å². The number of rotatable bonds is 5. The van der Waals surface area contributed by atoms with Crippen LogP contribution in [0.4, 0.5) is 8.78 Å². The molecule has 6 nitrogen and oxygen atoms in total. The summed E-state index contributed by atoms with van der Waals surface area (Å²) in [6, 6.07) is 7.63. The third kappa shape index (κ3) is 4.52. The van der Waals surface area contributed by atoms with Crippen LogP contribution in [-0.4, -0.2) is 31.6 Å². The number of benzene rings is 2. The first-order valence-corrected chi connectivity index (χ1v) is 8.36. The fraction of sp³-hybridized carbons (Fsp3) is 0.263. The van der Waals surface area contributed by atoms with Crippen LogP contribution in [0.2, 0.25) is 0 Å². The Morgan fingerprint density at radius 2 is 1.81 bits per heavy atom. The van der Waals surface area contributed by atoms with Crippen LogP contribution in [0, 0.1) is 11.6 Å². The molecule has 142 valence electrons. The minimum Gasteiger partial charge on any atom is -0.486 e. The second-order valence-electron chi connectivity index (χ2n) is 6.00. The number of hydrogen-bond donors (Lipinski definition) is 2. The summed E-state index contributed by atoms with van der Waals surface area (Å²) in [5, 5.41) is 5.04. The Morgan fingerprint density at radius 1 is 1.07 bits per heavy atom. The number of amides is 2. The van der Waals surface area contributed by atoms with Crippen LogP contribution >= 0.6 is 0 Å². The van der Waals surface area contributed by atoms with Crippen molar-refractivity contribution in [3.05, 3.63) is 59.2 Å². The van der Waals surface area contributed by atoms with Crippen molar-refractivity contribution in [3.63, 3.8) is 0 Å². The lowest BCUT2D eigenvalue weighted by atomic mass is 10.1. The lowest BCUT2D eigenvalue weighted by Crippen LogP contribution is -2.38. The molecule has 1 unspecified atom stereocenters. The van der Waals surface area contributed by atoms with Crippen LogP contribution in [0.5, 0.6) is 11.5 Å². The zero-order valence-corrected chi connectivity index (χ0v) is 14.6.